The Bertz CT molecular complexity index is 1770. The molecule has 3 fully saturated rings. The van der Waals surface area contributed by atoms with E-state index in [-0.39, 0.29) is 43.3 Å². The molecule has 3 saturated heterocycles. The molecule has 2 bridgehead atoms. The molecule has 50 heavy (non-hydrogen) atoms. The molecule has 0 radical (unpaired) electrons. The first-order valence-electron chi connectivity index (χ1n) is 16.7. The van der Waals surface area contributed by atoms with Crippen molar-refractivity contribution in [1.29, 1.82) is 0 Å². The number of esters is 1. The molecular formula is C36H41BrN6O7. The zero-order chi connectivity index (χ0) is 35.6. The van der Waals surface area contributed by atoms with Crippen LogP contribution in [0.25, 0.3) is 11.0 Å². The van der Waals surface area contributed by atoms with Gasteiger partial charge in [-0.2, -0.15) is 0 Å². The first-order chi connectivity index (χ1) is 24.1. The summed E-state index contributed by atoms with van der Waals surface area (Å²) in [5.41, 5.74) is 0.680. The SMILES string of the molecule is C=CCCC(=O)N[C@@H](C)[C@H](OC(=O)[C@H]1[C@@H]2O[C@@]3(CC2Br)[C@@H]1C(=O)N(CCO)[C@@H]3C(=O)N(CC=C)Cn1nnc2ccccc21)c1ccccc1. The molecule has 3 aliphatic rings. The topological polar surface area (TPSA) is 156 Å². The fraction of sp³-hybridized carbons (Fsp3) is 0.444. The van der Waals surface area contributed by atoms with E-state index in [1.54, 1.807) is 35.9 Å². The highest BCUT2D eigenvalue weighted by atomic mass is 79.9. The van der Waals surface area contributed by atoms with Crippen LogP contribution in [0.1, 0.15) is 37.9 Å². The van der Waals surface area contributed by atoms with Gasteiger partial charge in [0.2, 0.25) is 17.7 Å². The number of nitrogens with one attached hydrogen (secondary N) is 1. The quantitative estimate of drug-likeness (QED) is 0.136. The average Bonchev–Trinajstić information content (AvgIpc) is 3.83. The summed E-state index contributed by atoms with van der Waals surface area (Å²) >= 11 is 3.69. The number of fused-ring (bicyclic) bond motifs is 2. The lowest BCUT2D eigenvalue weighted by molar-refractivity contribution is -0.162. The van der Waals surface area contributed by atoms with Crippen LogP contribution < -0.4 is 5.32 Å². The van der Waals surface area contributed by atoms with Crippen LogP contribution in [0, 0.1) is 11.8 Å². The number of aliphatic hydroxyl groups is 1. The number of hydrogen-bond donors (Lipinski definition) is 2. The van der Waals surface area contributed by atoms with Crippen LogP contribution in [-0.4, -0.2) is 102 Å². The number of hydrogen-bond acceptors (Lipinski definition) is 9. The number of allylic oxidation sites excluding steroid dienone is 1. The van der Waals surface area contributed by atoms with Gasteiger partial charge in [-0.1, -0.05) is 75.8 Å². The number of amides is 3. The molecule has 1 spiro atoms. The summed E-state index contributed by atoms with van der Waals surface area (Å²) in [6, 6.07) is 14.7. The van der Waals surface area contributed by atoms with Crippen molar-refractivity contribution in [1.82, 2.24) is 30.1 Å². The van der Waals surface area contributed by atoms with Gasteiger partial charge >= 0.3 is 5.97 Å². The van der Waals surface area contributed by atoms with Crippen LogP contribution in [0.4, 0.5) is 0 Å². The Morgan fingerprint density at radius 3 is 2.64 bits per heavy atom. The van der Waals surface area contributed by atoms with Crippen molar-refractivity contribution in [3.63, 3.8) is 0 Å². The number of halogens is 1. The summed E-state index contributed by atoms with van der Waals surface area (Å²) in [6.45, 7) is 8.88. The van der Waals surface area contributed by atoms with Crippen LogP contribution in [0.2, 0.25) is 0 Å². The third-order valence-corrected chi connectivity index (χ3v) is 10.7. The van der Waals surface area contributed by atoms with E-state index < -0.39 is 66.1 Å². The Morgan fingerprint density at radius 2 is 1.92 bits per heavy atom. The minimum atomic E-state index is -1.37. The number of aliphatic hydroxyl groups excluding tert-OH is 1. The van der Waals surface area contributed by atoms with Gasteiger partial charge in [-0.3, -0.25) is 19.2 Å². The molecule has 0 saturated carbocycles. The summed E-state index contributed by atoms with van der Waals surface area (Å²) in [4.78, 5) is 58.4. The highest BCUT2D eigenvalue weighted by molar-refractivity contribution is 9.09. The van der Waals surface area contributed by atoms with Crippen molar-refractivity contribution in [3.05, 3.63) is 85.5 Å². The van der Waals surface area contributed by atoms with E-state index in [9.17, 15) is 24.3 Å². The molecule has 264 valence electrons. The van der Waals surface area contributed by atoms with Crippen LogP contribution in [0.3, 0.4) is 0 Å². The van der Waals surface area contributed by atoms with E-state index in [4.69, 9.17) is 9.47 Å². The maximum absolute atomic E-state index is 14.7. The molecule has 1 aromatic heterocycles. The predicted octanol–water partition coefficient (Wildman–Crippen LogP) is 2.90. The van der Waals surface area contributed by atoms with Gasteiger partial charge in [-0.15, -0.1) is 18.3 Å². The fourth-order valence-electron chi connectivity index (χ4n) is 7.70. The highest BCUT2D eigenvalue weighted by Crippen LogP contribution is 2.60. The number of likely N-dealkylation sites (tertiary alicyclic amines) is 1. The molecular weight excluding hydrogens is 708 g/mol. The number of para-hydroxylation sites is 1. The number of carbonyl (C=O) groups excluding carboxylic acids is 4. The summed E-state index contributed by atoms with van der Waals surface area (Å²) in [6.07, 6.45) is 2.62. The van der Waals surface area contributed by atoms with Gasteiger partial charge < -0.3 is 29.7 Å². The zero-order valence-corrected chi connectivity index (χ0v) is 29.4. The Labute approximate surface area is 298 Å². The molecule has 3 aliphatic heterocycles. The minimum absolute atomic E-state index is 0.0194. The molecule has 2 aromatic carbocycles. The van der Waals surface area contributed by atoms with E-state index in [1.165, 1.54) is 9.80 Å². The number of benzene rings is 2. The number of nitrogens with zero attached hydrogens (tertiary/aromatic N) is 5. The fourth-order valence-corrected chi connectivity index (χ4v) is 8.64. The maximum Gasteiger partial charge on any atom is 0.313 e. The molecule has 14 heteroatoms. The van der Waals surface area contributed by atoms with Crippen molar-refractivity contribution in [2.24, 2.45) is 11.8 Å². The van der Waals surface area contributed by atoms with E-state index in [0.29, 0.717) is 17.5 Å². The van der Waals surface area contributed by atoms with E-state index >= 15 is 0 Å². The van der Waals surface area contributed by atoms with Crippen molar-refractivity contribution in [2.45, 2.75) is 67.6 Å². The summed E-state index contributed by atoms with van der Waals surface area (Å²) < 4.78 is 14.4. The lowest BCUT2D eigenvalue weighted by atomic mass is 9.70. The zero-order valence-electron chi connectivity index (χ0n) is 27.8. The lowest BCUT2D eigenvalue weighted by Crippen LogP contribution is -2.57. The number of alkyl halides is 1. The van der Waals surface area contributed by atoms with Crippen molar-refractivity contribution in [2.75, 3.05) is 19.7 Å². The van der Waals surface area contributed by atoms with Crippen molar-refractivity contribution in [3.8, 4) is 0 Å². The highest BCUT2D eigenvalue weighted by Gasteiger charge is 2.77. The van der Waals surface area contributed by atoms with Crippen LogP contribution in [0.15, 0.2) is 79.9 Å². The Hall–Kier alpha value is -4.40. The lowest BCUT2D eigenvalue weighted by Gasteiger charge is -2.37. The van der Waals surface area contributed by atoms with Crippen LogP contribution >= 0.6 is 15.9 Å². The second-order valence-corrected chi connectivity index (χ2v) is 14.1. The summed E-state index contributed by atoms with van der Waals surface area (Å²) in [5.74, 6) is -3.88. The van der Waals surface area contributed by atoms with E-state index in [1.807, 2.05) is 42.5 Å². The normalized spacial score (nSPS) is 26.3. The van der Waals surface area contributed by atoms with Gasteiger partial charge in [0.15, 0.2) is 0 Å². The van der Waals surface area contributed by atoms with Crippen molar-refractivity contribution < 1.29 is 33.8 Å². The monoisotopic (exact) mass is 748 g/mol. The molecule has 3 amide bonds. The van der Waals surface area contributed by atoms with E-state index in [2.05, 4.69) is 44.7 Å². The number of ether oxygens (including phenoxy) is 2. The second kappa shape index (κ2) is 14.8. The summed E-state index contributed by atoms with van der Waals surface area (Å²) in [7, 11) is 0. The first-order valence-corrected chi connectivity index (χ1v) is 17.6. The Morgan fingerprint density at radius 1 is 1.18 bits per heavy atom. The van der Waals surface area contributed by atoms with Gasteiger partial charge in [-0.25, -0.2) is 4.68 Å². The van der Waals surface area contributed by atoms with Crippen molar-refractivity contribution >= 4 is 50.7 Å². The number of rotatable bonds is 15. The standard InChI is InChI=1S/C36H41BrN6O7/c1-4-6-16-27(45)38-22(3)30(23-12-8-7-9-13-23)49-35(48)28-29-33(46)42(18-19-44)32(36(29)20-24(37)31(28)50-36)34(47)41(17-5-2)21-43-26-15-11-10-14-25(26)39-40-43/h4-5,7-15,22,24,28-32,44H,1-2,6,16-21H2,3H3,(H,38,45)/t22-,24?,28+,29-,30-,31+,32+,36-/m0/s1. The molecule has 2 N–H and O–H groups in total. The van der Waals surface area contributed by atoms with Gasteiger partial charge in [-0.05, 0) is 37.5 Å². The van der Waals surface area contributed by atoms with Crippen LogP contribution in [0.5, 0.6) is 0 Å². The maximum atomic E-state index is 14.7. The molecule has 3 aromatic rings. The smallest absolute Gasteiger partial charge is 0.313 e. The van der Waals surface area contributed by atoms with Gasteiger partial charge in [0.05, 0.1) is 36.1 Å². The Kier molecular flexibility index (Phi) is 10.5. The van der Waals surface area contributed by atoms with Gasteiger partial charge in [0.25, 0.3) is 0 Å². The molecule has 13 nitrogen and oxygen atoms in total. The van der Waals surface area contributed by atoms with Gasteiger partial charge in [0, 0.05) is 24.3 Å². The minimum Gasteiger partial charge on any atom is -0.455 e. The molecule has 8 atom stereocenters. The Balaban J connectivity index is 1.31. The van der Waals surface area contributed by atoms with E-state index in [0.717, 1.165) is 5.52 Å². The van der Waals surface area contributed by atoms with Crippen LogP contribution in [-0.2, 0) is 35.3 Å². The number of β-amino-alcohol motifs (C(OH)–C–C–N with tert-alkyl or cyclic N) is 1. The number of carbonyl (C=O) groups is 4. The van der Waals surface area contributed by atoms with Gasteiger partial charge in [0.1, 0.15) is 29.9 Å². The largest absolute Gasteiger partial charge is 0.455 e. The summed E-state index contributed by atoms with van der Waals surface area (Å²) in [5, 5.41) is 21.4. The average molecular weight is 750 g/mol. The molecule has 4 heterocycles. The second-order valence-electron chi connectivity index (χ2n) is 12.9. The third-order valence-electron chi connectivity index (χ3n) is 9.81. The molecule has 6 rings (SSSR count). The predicted molar refractivity (Wildman–Crippen MR) is 186 cm³/mol. The third kappa shape index (κ3) is 6.35. The molecule has 0 aliphatic carbocycles. The molecule has 1 unspecified atom stereocenters. The first kappa shape index (κ1) is 35.4. The number of aromatic nitrogens is 3.